The molecule has 0 atom stereocenters. The number of carbonyl (C=O) groups excluding carboxylic acids is 1. The largest absolute Gasteiger partial charge is 0.471 e. The van der Waals surface area contributed by atoms with Gasteiger partial charge in [0.25, 0.3) is 0 Å². The van der Waals surface area contributed by atoms with E-state index < -0.39 is 12.1 Å². The summed E-state index contributed by atoms with van der Waals surface area (Å²) in [5.74, 6) is -1.80. The number of alkyl halides is 3. The molecule has 0 bridgehead atoms. The first-order valence-electron chi connectivity index (χ1n) is 5.28. The molecule has 0 aromatic heterocycles. The molecule has 0 aliphatic heterocycles. The highest BCUT2D eigenvalue weighted by Crippen LogP contribution is 2.18. The van der Waals surface area contributed by atoms with Gasteiger partial charge in [0, 0.05) is 20.2 Å². The molecule has 0 aliphatic rings. The summed E-state index contributed by atoms with van der Waals surface area (Å²) in [7, 11) is 5.03. The van der Waals surface area contributed by atoms with Crippen molar-refractivity contribution in [3.63, 3.8) is 0 Å². The SMILES string of the molecule is COCCN(CCCN(C)C)C(=O)C(F)(F)F. The molecule has 0 radical (unpaired) electrons. The molecule has 0 aromatic rings. The molecule has 0 rings (SSSR count). The first-order valence-corrected chi connectivity index (χ1v) is 5.28. The Bertz CT molecular complexity index is 232. The van der Waals surface area contributed by atoms with Crippen LogP contribution in [0.4, 0.5) is 13.2 Å². The van der Waals surface area contributed by atoms with E-state index in [9.17, 15) is 18.0 Å². The van der Waals surface area contributed by atoms with Gasteiger partial charge in [-0.15, -0.1) is 0 Å². The zero-order valence-corrected chi connectivity index (χ0v) is 10.4. The number of carbonyl (C=O) groups is 1. The van der Waals surface area contributed by atoms with Crippen molar-refractivity contribution >= 4 is 5.91 Å². The van der Waals surface area contributed by atoms with Crippen LogP contribution in [0.25, 0.3) is 0 Å². The Morgan fingerprint density at radius 2 is 1.76 bits per heavy atom. The molecule has 0 saturated heterocycles. The molecule has 7 heteroatoms. The highest BCUT2D eigenvalue weighted by atomic mass is 19.4. The van der Waals surface area contributed by atoms with E-state index in [1.165, 1.54) is 7.11 Å². The second kappa shape index (κ2) is 7.50. The Morgan fingerprint density at radius 3 is 2.18 bits per heavy atom. The molecule has 4 nitrogen and oxygen atoms in total. The van der Waals surface area contributed by atoms with Crippen LogP contribution in [0.2, 0.25) is 0 Å². The number of nitrogens with zero attached hydrogens (tertiary/aromatic N) is 2. The molecule has 17 heavy (non-hydrogen) atoms. The number of hydrogen-bond acceptors (Lipinski definition) is 3. The summed E-state index contributed by atoms with van der Waals surface area (Å²) < 4.78 is 41.5. The van der Waals surface area contributed by atoms with Crippen LogP contribution in [0.3, 0.4) is 0 Å². The van der Waals surface area contributed by atoms with Crippen LogP contribution in [-0.4, -0.2) is 69.3 Å². The summed E-state index contributed by atoms with van der Waals surface area (Å²) in [6, 6.07) is 0. The lowest BCUT2D eigenvalue weighted by molar-refractivity contribution is -0.186. The van der Waals surface area contributed by atoms with Crippen LogP contribution in [0.1, 0.15) is 6.42 Å². The maximum Gasteiger partial charge on any atom is 0.471 e. The fourth-order valence-electron chi connectivity index (χ4n) is 1.27. The monoisotopic (exact) mass is 256 g/mol. The van der Waals surface area contributed by atoms with Gasteiger partial charge in [0.1, 0.15) is 0 Å². The zero-order chi connectivity index (χ0) is 13.5. The molecular formula is C10H19F3N2O2. The Kier molecular flexibility index (Phi) is 7.13. The van der Waals surface area contributed by atoms with Gasteiger partial charge < -0.3 is 14.5 Å². The molecule has 0 aliphatic carbocycles. The third kappa shape index (κ3) is 7.17. The predicted molar refractivity (Wildman–Crippen MR) is 57.7 cm³/mol. The average molecular weight is 256 g/mol. The lowest BCUT2D eigenvalue weighted by Crippen LogP contribution is -2.43. The van der Waals surface area contributed by atoms with E-state index in [0.29, 0.717) is 13.0 Å². The summed E-state index contributed by atoms with van der Waals surface area (Å²) in [6.45, 7) is 0.778. The number of hydrogen-bond donors (Lipinski definition) is 0. The summed E-state index contributed by atoms with van der Waals surface area (Å²) in [5, 5.41) is 0. The van der Waals surface area contributed by atoms with Crippen LogP contribution in [0.5, 0.6) is 0 Å². The van der Waals surface area contributed by atoms with Gasteiger partial charge in [0.05, 0.1) is 6.61 Å². The van der Waals surface area contributed by atoms with E-state index in [2.05, 4.69) is 0 Å². The van der Waals surface area contributed by atoms with Crippen LogP contribution < -0.4 is 0 Å². The second-order valence-electron chi connectivity index (χ2n) is 3.94. The standard InChI is InChI=1S/C10H19F3N2O2/c1-14(2)5-4-6-15(7-8-17-3)9(16)10(11,12)13/h4-8H2,1-3H3. The van der Waals surface area contributed by atoms with Crippen molar-refractivity contribution in [3.8, 4) is 0 Å². The summed E-state index contributed by atoms with van der Waals surface area (Å²) >= 11 is 0. The molecule has 0 N–H and O–H groups in total. The van der Waals surface area contributed by atoms with Crippen LogP contribution in [0.15, 0.2) is 0 Å². The first-order chi connectivity index (χ1) is 7.79. The van der Waals surface area contributed by atoms with Crippen molar-refractivity contribution in [3.05, 3.63) is 0 Å². The van der Waals surface area contributed by atoms with E-state index in [0.717, 1.165) is 4.90 Å². The average Bonchev–Trinajstić information content (AvgIpc) is 2.20. The highest BCUT2D eigenvalue weighted by Gasteiger charge is 2.42. The van der Waals surface area contributed by atoms with Gasteiger partial charge in [0.15, 0.2) is 0 Å². The van der Waals surface area contributed by atoms with Gasteiger partial charge in [-0.25, -0.2) is 0 Å². The minimum Gasteiger partial charge on any atom is -0.383 e. The molecule has 1 amide bonds. The summed E-state index contributed by atoms with van der Waals surface area (Å²) in [6.07, 6.45) is -4.32. The van der Waals surface area contributed by atoms with E-state index in [1.807, 2.05) is 19.0 Å². The minimum atomic E-state index is -4.81. The zero-order valence-electron chi connectivity index (χ0n) is 10.4. The Hall–Kier alpha value is -0.820. The van der Waals surface area contributed by atoms with Gasteiger partial charge in [-0.3, -0.25) is 4.79 Å². The van der Waals surface area contributed by atoms with E-state index >= 15 is 0 Å². The fraction of sp³-hybridized carbons (Fsp3) is 0.900. The molecule has 0 fully saturated rings. The van der Waals surface area contributed by atoms with Crippen LogP contribution >= 0.6 is 0 Å². The van der Waals surface area contributed by atoms with Gasteiger partial charge >= 0.3 is 12.1 Å². The molecular weight excluding hydrogens is 237 g/mol. The topological polar surface area (TPSA) is 32.8 Å². The highest BCUT2D eigenvalue weighted by molar-refractivity contribution is 5.81. The Labute approximate surface area is 99.3 Å². The number of ether oxygens (including phenoxy) is 1. The quantitative estimate of drug-likeness (QED) is 0.680. The van der Waals surface area contributed by atoms with Gasteiger partial charge in [-0.05, 0) is 27.1 Å². The molecule has 0 unspecified atom stereocenters. The molecule has 0 heterocycles. The summed E-state index contributed by atoms with van der Waals surface area (Å²) in [5.41, 5.74) is 0. The molecule has 0 spiro atoms. The maximum atomic E-state index is 12.3. The van der Waals surface area contributed by atoms with E-state index in [-0.39, 0.29) is 19.7 Å². The van der Waals surface area contributed by atoms with Crippen molar-refractivity contribution in [2.75, 3.05) is 47.4 Å². The third-order valence-corrected chi connectivity index (χ3v) is 2.13. The number of methoxy groups -OCH3 is 1. The maximum absolute atomic E-state index is 12.3. The number of amides is 1. The van der Waals surface area contributed by atoms with Crippen molar-refractivity contribution < 1.29 is 22.7 Å². The molecule has 102 valence electrons. The number of halogens is 3. The van der Waals surface area contributed by atoms with Gasteiger partial charge in [-0.1, -0.05) is 0 Å². The van der Waals surface area contributed by atoms with E-state index in [1.54, 1.807) is 0 Å². The lowest BCUT2D eigenvalue weighted by Gasteiger charge is -2.24. The smallest absolute Gasteiger partial charge is 0.383 e. The minimum absolute atomic E-state index is 0.0394. The first kappa shape index (κ1) is 16.2. The fourth-order valence-corrected chi connectivity index (χ4v) is 1.27. The number of rotatable bonds is 7. The van der Waals surface area contributed by atoms with E-state index in [4.69, 9.17) is 4.74 Å². The van der Waals surface area contributed by atoms with Gasteiger partial charge in [-0.2, -0.15) is 13.2 Å². The third-order valence-electron chi connectivity index (χ3n) is 2.13. The predicted octanol–water partition coefficient (Wildman–Crippen LogP) is 0.975. The molecule has 0 saturated carbocycles. The van der Waals surface area contributed by atoms with Crippen molar-refractivity contribution in [1.29, 1.82) is 0 Å². The second-order valence-corrected chi connectivity index (χ2v) is 3.94. The Morgan fingerprint density at radius 1 is 1.18 bits per heavy atom. The van der Waals surface area contributed by atoms with Crippen LogP contribution in [0, 0.1) is 0 Å². The van der Waals surface area contributed by atoms with Gasteiger partial charge in [0.2, 0.25) is 0 Å². The van der Waals surface area contributed by atoms with Crippen molar-refractivity contribution in [2.24, 2.45) is 0 Å². The summed E-state index contributed by atoms with van der Waals surface area (Å²) in [4.78, 5) is 13.7. The molecule has 0 aromatic carbocycles. The van der Waals surface area contributed by atoms with Crippen LogP contribution in [-0.2, 0) is 9.53 Å². The Balaban J connectivity index is 4.28. The van der Waals surface area contributed by atoms with Crippen molar-refractivity contribution in [2.45, 2.75) is 12.6 Å². The lowest BCUT2D eigenvalue weighted by atomic mass is 10.3. The normalized spacial score (nSPS) is 11.9. The van der Waals surface area contributed by atoms with Crippen molar-refractivity contribution in [1.82, 2.24) is 9.80 Å².